The van der Waals surface area contributed by atoms with E-state index in [1.165, 1.54) is 60.9 Å². The van der Waals surface area contributed by atoms with E-state index in [1.54, 1.807) is 0 Å². The van der Waals surface area contributed by atoms with E-state index in [1.807, 2.05) is 12.5 Å². The standard InChI is InChI=1S/C34H36N2/c1(7-17-29-18-8-3-9-19-29)2-16-26-33-27-35-28-36(33)34(30-20-10-4-11-21-30,31-22-12-5-13-23-31)32-24-14-6-15-25-32/h4-6,10-15,20-25,27-29H,3,7-9,16-19,26H2. The van der Waals surface area contributed by atoms with Crippen LogP contribution in [0.5, 0.6) is 0 Å². The molecule has 0 radical (unpaired) electrons. The summed E-state index contributed by atoms with van der Waals surface area (Å²) in [6.07, 6.45) is 15.1. The van der Waals surface area contributed by atoms with Crippen LogP contribution in [0.1, 0.15) is 73.8 Å². The van der Waals surface area contributed by atoms with Crippen LogP contribution in [0.15, 0.2) is 104 Å². The van der Waals surface area contributed by atoms with Crippen molar-refractivity contribution in [3.05, 3.63) is 126 Å². The molecule has 3 aromatic carbocycles. The van der Waals surface area contributed by atoms with E-state index in [4.69, 9.17) is 0 Å². The molecule has 1 fully saturated rings. The lowest BCUT2D eigenvalue weighted by Gasteiger charge is -2.38. The highest BCUT2D eigenvalue weighted by Gasteiger charge is 2.39. The Morgan fingerprint density at radius 3 is 1.78 bits per heavy atom. The number of imidazole rings is 1. The minimum absolute atomic E-state index is 0.510. The molecule has 36 heavy (non-hydrogen) atoms. The normalized spacial score (nSPS) is 14.2. The maximum atomic E-state index is 4.66. The second-order valence-electron chi connectivity index (χ2n) is 9.96. The minimum atomic E-state index is -0.510. The summed E-state index contributed by atoms with van der Waals surface area (Å²) < 4.78 is 2.37. The zero-order valence-corrected chi connectivity index (χ0v) is 21.2. The van der Waals surface area contributed by atoms with Crippen LogP contribution in [0.25, 0.3) is 0 Å². The van der Waals surface area contributed by atoms with Gasteiger partial charge in [-0.3, -0.25) is 0 Å². The molecule has 0 saturated heterocycles. The Hall–Kier alpha value is -3.57. The van der Waals surface area contributed by atoms with Crippen molar-refractivity contribution in [1.82, 2.24) is 9.55 Å². The first-order valence-corrected chi connectivity index (χ1v) is 13.5. The third-order valence-corrected chi connectivity index (χ3v) is 7.68. The summed E-state index contributed by atoms with van der Waals surface area (Å²) in [6.45, 7) is 0. The van der Waals surface area contributed by atoms with Crippen LogP contribution >= 0.6 is 0 Å². The van der Waals surface area contributed by atoms with Gasteiger partial charge < -0.3 is 4.57 Å². The number of benzene rings is 3. The summed E-state index contributed by atoms with van der Waals surface area (Å²) in [6, 6.07) is 32.4. The quantitative estimate of drug-likeness (QED) is 0.187. The van der Waals surface area contributed by atoms with Crippen LogP contribution in [0.4, 0.5) is 0 Å². The highest BCUT2D eigenvalue weighted by Crippen LogP contribution is 2.41. The summed E-state index contributed by atoms with van der Waals surface area (Å²) in [5, 5.41) is 0. The van der Waals surface area contributed by atoms with E-state index in [0.29, 0.717) is 0 Å². The predicted molar refractivity (Wildman–Crippen MR) is 149 cm³/mol. The molecule has 0 unspecified atom stereocenters. The average molecular weight is 473 g/mol. The molecule has 0 N–H and O–H groups in total. The van der Waals surface area contributed by atoms with Crippen LogP contribution in [-0.2, 0) is 12.0 Å². The van der Waals surface area contributed by atoms with Gasteiger partial charge in [-0.15, -0.1) is 11.8 Å². The van der Waals surface area contributed by atoms with Gasteiger partial charge in [-0.1, -0.05) is 123 Å². The number of hydrogen-bond donors (Lipinski definition) is 0. The Labute approximate surface area is 216 Å². The van der Waals surface area contributed by atoms with Crippen molar-refractivity contribution in [3.8, 4) is 11.8 Å². The van der Waals surface area contributed by atoms with Gasteiger partial charge in [0, 0.05) is 31.2 Å². The number of aryl methyl sites for hydroxylation is 1. The van der Waals surface area contributed by atoms with E-state index >= 15 is 0 Å². The lowest BCUT2D eigenvalue weighted by molar-refractivity contribution is 0.342. The van der Waals surface area contributed by atoms with Crippen molar-refractivity contribution in [3.63, 3.8) is 0 Å². The molecule has 0 bridgehead atoms. The molecule has 1 aliphatic carbocycles. The van der Waals surface area contributed by atoms with Gasteiger partial charge in [0.1, 0.15) is 5.54 Å². The van der Waals surface area contributed by atoms with Crippen molar-refractivity contribution in [1.29, 1.82) is 0 Å². The fourth-order valence-corrected chi connectivity index (χ4v) is 5.88. The highest BCUT2D eigenvalue weighted by molar-refractivity contribution is 5.51. The molecule has 1 heterocycles. The summed E-state index contributed by atoms with van der Waals surface area (Å²) in [4.78, 5) is 4.66. The molecule has 182 valence electrons. The molecule has 0 aliphatic heterocycles. The number of hydrogen-bond acceptors (Lipinski definition) is 1. The molecular weight excluding hydrogens is 436 g/mol. The predicted octanol–water partition coefficient (Wildman–Crippen LogP) is 8.02. The van der Waals surface area contributed by atoms with Crippen molar-refractivity contribution >= 4 is 0 Å². The number of nitrogens with zero attached hydrogens (tertiary/aromatic N) is 2. The fraction of sp³-hybridized carbons (Fsp3) is 0.324. The summed E-state index contributed by atoms with van der Waals surface area (Å²) in [5.74, 6) is 7.84. The molecule has 0 spiro atoms. The first kappa shape index (κ1) is 24.1. The Kier molecular flexibility index (Phi) is 7.99. The average Bonchev–Trinajstić information content (AvgIpc) is 3.42. The number of aromatic nitrogens is 2. The third-order valence-electron chi connectivity index (χ3n) is 7.68. The fourth-order valence-electron chi connectivity index (χ4n) is 5.88. The molecule has 2 heteroatoms. The molecule has 0 atom stereocenters. The van der Waals surface area contributed by atoms with Gasteiger partial charge in [-0.05, 0) is 29.0 Å². The maximum absolute atomic E-state index is 4.66. The van der Waals surface area contributed by atoms with Crippen LogP contribution < -0.4 is 0 Å². The highest BCUT2D eigenvalue weighted by atomic mass is 15.1. The van der Waals surface area contributed by atoms with Crippen LogP contribution in [-0.4, -0.2) is 9.55 Å². The Morgan fingerprint density at radius 2 is 1.22 bits per heavy atom. The van der Waals surface area contributed by atoms with Crippen LogP contribution in [0, 0.1) is 17.8 Å². The molecule has 4 aromatic rings. The maximum Gasteiger partial charge on any atom is 0.121 e. The monoisotopic (exact) mass is 472 g/mol. The largest absolute Gasteiger partial charge is 0.316 e. The van der Waals surface area contributed by atoms with E-state index < -0.39 is 5.54 Å². The first-order chi connectivity index (χ1) is 17.9. The Morgan fingerprint density at radius 1 is 0.694 bits per heavy atom. The second-order valence-corrected chi connectivity index (χ2v) is 9.96. The van der Waals surface area contributed by atoms with Gasteiger partial charge in [0.05, 0.1) is 6.33 Å². The molecule has 5 rings (SSSR count). The Bertz CT molecular complexity index is 1160. The van der Waals surface area contributed by atoms with Gasteiger partial charge in [0.2, 0.25) is 0 Å². The van der Waals surface area contributed by atoms with Gasteiger partial charge in [-0.25, -0.2) is 4.98 Å². The smallest absolute Gasteiger partial charge is 0.121 e. The van der Waals surface area contributed by atoms with Crippen molar-refractivity contribution < 1.29 is 0 Å². The topological polar surface area (TPSA) is 17.8 Å². The van der Waals surface area contributed by atoms with Crippen molar-refractivity contribution in [2.75, 3.05) is 0 Å². The van der Waals surface area contributed by atoms with E-state index in [0.717, 1.165) is 25.2 Å². The van der Waals surface area contributed by atoms with Gasteiger partial charge in [-0.2, -0.15) is 0 Å². The van der Waals surface area contributed by atoms with E-state index in [-0.39, 0.29) is 0 Å². The summed E-state index contributed by atoms with van der Waals surface area (Å²) in [5.41, 5.74) is 4.36. The zero-order chi connectivity index (χ0) is 24.5. The van der Waals surface area contributed by atoms with Crippen LogP contribution in [0.3, 0.4) is 0 Å². The molecule has 1 saturated carbocycles. The minimum Gasteiger partial charge on any atom is -0.316 e. The molecule has 1 aromatic heterocycles. The summed E-state index contributed by atoms with van der Waals surface area (Å²) in [7, 11) is 0. The zero-order valence-electron chi connectivity index (χ0n) is 21.2. The van der Waals surface area contributed by atoms with Crippen molar-refractivity contribution in [2.45, 2.75) is 63.3 Å². The summed E-state index contributed by atoms with van der Waals surface area (Å²) >= 11 is 0. The molecule has 1 aliphatic rings. The first-order valence-electron chi connectivity index (χ1n) is 13.5. The van der Waals surface area contributed by atoms with E-state index in [2.05, 4.69) is 112 Å². The van der Waals surface area contributed by atoms with E-state index in [9.17, 15) is 0 Å². The SMILES string of the molecule is C(#CCCC1CCCCC1)CCc1cncn1C(c1ccccc1)(c1ccccc1)c1ccccc1. The van der Waals surface area contributed by atoms with Gasteiger partial charge in [0.25, 0.3) is 0 Å². The second kappa shape index (κ2) is 11.9. The van der Waals surface area contributed by atoms with Crippen LogP contribution in [0.2, 0.25) is 0 Å². The van der Waals surface area contributed by atoms with Crippen molar-refractivity contribution in [2.24, 2.45) is 5.92 Å². The lowest BCUT2D eigenvalue weighted by atomic mass is 9.76. The van der Waals surface area contributed by atoms with Gasteiger partial charge >= 0.3 is 0 Å². The molecule has 0 amide bonds. The molecule has 2 nitrogen and oxygen atoms in total. The number of rotatable bonds is 8. The Balaban J connectivity index is 1.46. The molecular formula is C34H36N2. The van der Waals surface area contributed by atoms with Gasteiger partial charge in [0.15, 0.2) is 0 Å². The third kappa shape index (κ3) is 5.17. The lowest BCUT2D eigenvalue weighted by Crippen LogP contribution is -2.38.